The molecule has 0 unspecified atom stereocenters. The number of anilines is 1. The Morgan fingerprint density at radius 1 is 0.966 bits per heavy atom. The van der Waals surface area contributed by atoms with E-state index >= 15 is 0 Å². The number of rotatable bonds is 9. The summed E-state index contributed by atoms with van der Waals surface area (Å²) in [5.41, 5.74) is 1.28. The zero-order valence-electron chi connectivity index (χ0n) is 16.6. The minimum Gasteiger partial charge on any atom is -0.490 e. The maximum atomic E-state index is 12.8. The Morgan fingerprint density at radius 3 is 2.17 bits per heavy atom. The molecule has 0 bridgehead atoms. The topological polar surface area (TPSA) is 82.6 Å². The van der Waals surface area contributed by atoms with Gasteiger partial charge in [-0.05, 0) is 32.9 Å². The van der Waals surface area contributed by atoms with Crippen LogP contribution in [0.5, 0.6) is 17.2 Å². The van der Waals surface area contributed by atoms with Crippen molar-refractivity contribution in [1.82, 2.24) is 9.36 Å². The van der Waals surface area contributed by atoms with Gasteiger partial charge in [-0.2, -0.15) is 9.36 Å². The quantitative estimate of drug-likeness (QED) is 0.550. The summed E-state index contributed by atoms with van der Waals surface area (Å²) in [6, 6.07) is 12.9. The number of amides is 1. The molecule has 0 saturated carbocycles. The second-order valence-corrected chi connectivity index (χ2v) is 6.60. The van der Waals surface area contributed by atoms with Crippen LogP contribution < -0.4 is 19.5 Å². The van der Waals surface area contributed by atoms with Crippen molar-refractivity contribution in [3.63, 3.8) is 0 Å². The minimum atomic E-state index is -0.328. The second-order valence-electron chi connectivity index (χ2n) is 5.84. The van der Waals surface area contributed by atoms with E-state index in [0.29, 0.717) is 53.6 Å². The second kappa shape index (κ2) is 9.88. The fourth-order valence-corrected chi connectivity index (χ4v) is 3.25. The van der Waals surface area contributed by atoms with Crippen LogP contribution in [0.4, 0.5) is 5.13 Å². The van der Waals surface area contributed by atoms with E-state index in [0.717, 1.165) is 17.1 Å². The molecule has 0 aliphatic rings. The highest BCUT2D eigenvalue weighted by molar-refractivity contribution is 7.10. The zero-order chi connectivity index (χ0) is 20.6. The first-order valence-corrected chi connectivity index (χ1v) is 10.2. The SMILES string of the molecule is CCOc1cc(C(=O)Nc2nc(-c3ccccc3)ns2)cc(OCC)c1OCC. The molecule has 0 spiro atoms. The van der Waals surface area contributed by atoms with Gasteiger partial charge in [0.1, 0.15) is 0 Å². The molecule has 152 valence electrons. The molecule has 7 nitrogen and oxygen atoms in total. The zero-order valence-corrected chi connectivity index (χ0v) is 17.4. The van der Waals surface area contributed by atoms with Crippen LogP contribution in [-0.2, 0) is 0 Å². The summed E-state index contributed by atoms with van der Waals surface area (Å²) >= 11 is 1.13. The highest BCUT2D eigenvalue weighted by Crippen LogP contribution is 2.39. The summed E-state index contributed by atoms with van der Waals surface area (Å²) in [6.07, 6.45) is 0. The molecule has 0 atom stereocenters. The fraction of sp³-hybridized carbons (Fsp3) is 0.286. The molecule has 8 heteroatoms. The fourth-order valence-electron chi connectivity index (χ4n) is 2.67. The van der Waals surface area contributed by atoms with Crippen LogP contribution >= 0.6 is 11.5 Å². The molecule has 0 aliphatic heterocycles. The lowest BCUT2D eigenvalue weighted by Crippen LogP contribution is -2.13. The molecule has 3 aromatic rings. The highest BCUT2D eigenvalue weighted by Gasteiger charge is 2.19. The summed E-state index contributed by atoms with van der Waals surface area (Å²) in [5, 5.41) is 3.21. The predicted molar refractivity (Wildman–Crippen MR) is 113 cm³/mol. The smallest absolute Gasteiger partial charge is 0.257 e. The molecular weight excluding hydrogens is 390 g/mol. The van der Waals surface area contributed by atoms with Crippen molar-refractivity contribution < 1.29 is 19.0 Å². The van der Waals surface area contributed by atoms with Crippen LogP contribution in [0.25, 0.3) is 11.4 Å². The van der Waals surface area contributed by atoms with Crippen LogP contribution in [0.2, 0.25) is 0 Å². The van der Waals surface area contributed by atoms with Gasteiger partial charge in [-0.1, -0.05) is 30.3 Å². The van der Waals surface area contributed by atoms with Gasteiger partial charge < -0.3 is 14.2 Å². The molecule has 0 aliphatic carbocycles. The van der Waals surface area contributed by atoms with E-state index in [2.05, 4.69) is 14.7 Å². The first-order chi connectivity index (χ1) is 14.2. The molecule has 0 radical (unpaired) electrons. The number of hydrogen-bond donors (Lipinski definition) is 1. The van der Waals surface area contributed by atoms with E-state index in [4.69, 9.17) is 14.2 Å². The van der Waals surface area contributed by atoms with Gasteiger partial charge in [0, 0.05) is 22.7 Å². The Labute approximate surface area is 173 Å². The van der Waals surface area contributed by atoms with Crippen molar-refractivity contribution in [2.24, 2.45) is 0 Å². The van der Waals surface area contributed by atoms with Crippen LogP contribution in [0.1, 0.15) is 31.1 Å². The Balaban J connectivity index is 1.85. The van der Waals surface area contributed by atoms with Crippen LogP contribution in [0.3, 0.4) is 0 Å². The summed E-state index contributed by atoms with van der Waals surface area (Å²) in [7, 11) is 0. The van der Waals surface area contributed by atoms with Crippen molar-refractivity contribution >= 4 is 22.6 Å². The molecule has 29 heavy (non-hydrogen) atoms. The van der Waals surface area contributed by atoms with Gasteiger partial charge in [0.15, 0.2) is 17.3 Å². The van der Waals surface area contributed by atoms with E-state index in [1.54, 1.807) is 12.1 Å². The molecule has 0 saturated heterocycles. The lowest BCUT2D eigenvalue weighted by molar-refractivity contribution is 0.102. The monoisotopic (exact) mass is 413 g/mol. The van der Waals surface area contributed by atoms with Crippen LogP contribution in [-0.4, -0.2) is 35.1 Å². The summed E-state index contributed by atoms with van der Waals surface area (Å²) in [5.74, 6) is 1.67. The predicted octanol–water partition coefficient (Wildman–Crippen LogP) is 4.65. The minimum absolute atomic E-state index is 0.328. The number of aromatic nitrogens is 2. The maximum absolute atomic E-state index is 12.8. The van der Waals surface area contributed by atoms with Gasteiger partial charge in [0.25, 0.3) is 5.91 Å². The summed E-state index contributed by atoms with van der Waals surface area (Å²) in [4.78, 5) is 17.2. The molecule has 3 rings (SSSR count). The number of carbonyl (C=O) groups is 1. The third-order valence-electron chi connectivity index (χ3n) is 3.85. The normalized spacial score (nSPS) is 10.4. The molecule has 1 aromatic heterocycles. The lowest BCUT2D eigenvalue weighted by Gasteiger charge is -2.16. The average Bonchev–Trinajstić information content (AvgIpc) is 3.19. The molecule has 1 N–H and O–H groups in total. The Morgan fingerprint density at radius 2 is 1.59 bits per heavy atom. The van der Waals surface area contributed by atoms with E-state index in [-0.39, 0.29) is 5.91 Å². The first kappa shape index (κ1) is 20.6. The Kier molecular flexibility index (Phi) is 7.02. The number of carbonyl (C=O) groups excluding carboxylic acids is 1. The summed E-state index contributed by atoms with van der Waals surface area (Å²) < 4.78 is 21.3. The molecule has 2 aromatic carbocycles. The van der Waals surface area contributed by atoms with E-state index in [1.807, 2.05) is 51.1 Å². The van der Waals surface area contributed by atoms with Crippen LogP contribution in [0.15, 0.2) is 42.5 Å². The van der Waals surface area contributed by atoms with Gasteiger partial charge >= 0.3 is 0 Å². The largest absolute Gasteiger partial charge is 0.490 e. The third-order valence-corrected chi connectivity index (χ3v) is 4.48. The molecule has 1 heterocycles. The van der Waals surface area contributed by atoms with Crippen molar-refractivity contribution in [2.45, 2.75) is 20.8 Å². The van der Waals surface area contributed by atoms with Gasteiger partial charge in [-0.25, -0.2) is 0 Å². The Hall–Kier alpha value is -3.13. The van der Waals surface area contributed by atoms with Crippen molar-refractivity contribution in [1.29, 1.82) is 0 Å². The number of nitrogens with zero attached hydrogens (tertiary/aromatic N) is 2. The van der Waals surface area contributed by atoms with Gasteiger partial charge in [-0.15, -0.1) is 0 Å². The van der Waals surface area contributed by atoms with Crippen molar-refractivity contribution in [2.75, 3.05) is 25.1 Å². The summed E-state index contributed by atoms with van der Waals surface area (Å²) in [6.45, 7) is 6.95. The van der Waals surface area contributed by atoms with Gasteiger partial charge in [-0.3, -0.25) is 10.1 Å². The Bertz CT molecular complexity index is 933. The first-order valence-electron chi connectivity index (χ1n) is 9.43. The lowest BCUT2D eigenvalue weighted by atomic mass is 10.1. The molecule has 0 fully saturated rings. The number of nitrogens with one attached hydrogen (secondary N) is 1. The highest BCUT2D eigenvalue weighted by atomic mass is 32.1. The van der Waals surface area contributed by atoms with E-state index < -0.39 is 0 Å². The maximum Gasteiger partial charge on any atom is 0.257 e. The number of hydrogen-bond acceptors (Lipinski definition) is 7. The van der Waals surface area contributed by atoms with Crippen molar-refractivity contribution in [3.05, 3.63) is 48.0 Å². The molecule has 1 amide bonds. The number of ether oxygens (including phenoxy) is 3. The molecular formula is C21H23N3O4S. The third kappa shape index (κ3) is 5.03. The van der Waals surface area contributed by atoms with Gasteiger partial charge in [0.05, 0.1) is 19.8 Å². The van der Waals surface area contributed by atoms with Crippen LogP contribution in [0, 0.1) is 0 Å². The van der Waals surface area contributed by atoms with E-state index in [9.17, 15) is 4.79 Å². The van der Waals surface area contributed by atoms with Crippen molar-refractivity contribution in [3.8, 4) is 28.6 Å². The standard InChI is InChI=1S/C21H23N3O4S/c1-4-26-16-12-15(13-17(27-5-2)18(16)28-6-3)20(25)23-21-22-19(24-29-21)14-10-8-7-9-11-14/h7-13H,4-6H2,1-3H3,(H,22,23,24,25). The average molecular weight is 413 g/mol. The van der Waals surface area contributed by atoms with E-state index in [1.165, 1.54) is 0 Å². The number of benzene rings is 2. The van der Waals surface area contributed by atoms with Gasteiger partial charge in [0.2, 0.25) is 10.9 Å².